The molecule has 0 radical (unpaired) electrons. The van der Waals surface area contributed by atoms with Crippen LogP contribution in [0.3, 0.4) is 0 Å². The first-order valence-corrected chi connectivity index (χ1v) is 7.17. The van der Waals surface area contributed by atoms with Gasteiger partial charge in [0.05, 0.1) is 18.2 Å². The van der Waals surface area contributed by atoms with Gasteiger partial charge in [-0.1, -0.05) is 6.07 Å². The van der Waals surface area contributed by atoms with Crippen LogP contribution in [0.15, 0.2) is 34.7 Å². The number of nitrogens with one attached hydrogen (secondary N) is 2. The Kier molecular flexibility index (Phi) is 4.72. The summed E-state index contributed by atoms with van der Waals surface area (Å²) in [6.45, 7) is 5.20. The molecule has 0 aliphatic rings. The van der Waals surface area contributed by atoms with Gasteiger partial charge in [0.1, 0.15) is 17.1 Å². The molecule has 1 unspecified atom stereocenters. The molecule has 0 bridgehead atoms. The van der Waals surface area contributed by atoms with Gasteiger partial charge in [0.25, 0.3) is 0 Å². The van der Waals surface area contributed by atoms with Crippen molar-refractivity contribution in [3.05, 3.63) is 53.0 Å². The summed E-state index contributed by atoms with van der Waals surface area (Å²) in [6, 6.07) is 9.89. The molecule has 2 amide bonds. The molecule has 2 aromatic rings. The first-order valence-electron chi connectivity index (χ1n) is 7.17. The number of hydrogen-bond acceptors (Lipinski definition) is 4. The number of urea groups is 1. The molecule has 120 valence electrons. The van der Waals surface area contributed by atoms with E-state index in [0.29, 0.717) is 28.3 Å². The molecule has 1 heterocycles. The summed E-state index contributed by atoms with van der Waals surface area (Å²) >= 11 is 0. The number of benzene rings is 1. The highest BCUT2D eigenvalue weighted by molar-refractivity contribution is 5.89. The van der Waals surface area contributed by atoms with Crippen LogP contribution in [0.5, 0.6) is 0 Å². The average molecular weight is 313 g/mol. The molecule has 23 heavy (non-hydrogen) atoms. The van der Waals surface area contributed by atoms with Gasteiger partial charge in [-0.15, -0.1) is 0 Å². The lowest BCUT2D eigenvalue weighted by Gasteiger charge is -2.23. The van der Waals surface area contributed by atoms with E-state index in [1.807, 2.05) is 6.07 Å². The van der Waals surface area contributed by atoms with Crippen LogP contribution in [0.1, 0.15) is 29.6 Å². The molecular formula is C17H19N3O3. The lowest BCUT2D eigenvalue weighted by Crippen LogP contribution is -2.40. The van der Waals surface area contributed by atoms with Crippen LogP contribution in [-0.2, 0) is 5.60 Å². The zero-order valence-electron chi connectivity index (χ0n) is 13.3. The molecule has 1 atom stereocenters. The van der Waals surface area contributed by atoms with Crippen molar-refractivity contribution in [1.29, 1.82) is 5.26 Å². The number of amides is 2. The van der Waals surface area contributed by atoms with Crippen LogP contribution in [0.2, 0.25) is 0 Å². The number of furan rings is 1. The van der Waals surface area contributed by atoms with E-state index in [1.54, 1.807) is 51.1 Å². The predicted octanol–water partition coefficient (Wildman–Crippen LogP) is 2.80. The normalized spacial score (nSPS) is 13.0. The van der Waals surface area contributed by atoms with Crippen LogP contribution in [0, 0.1) is 25.2 Å². The number of carbonyl (C=O) groups is 1. The van der Waals surface area contributed by atoms with Crippen molar-refractivity contribution >= 4 is 11.7 Å². The summed E-state index contributed by atoms with van der Waals surface area (Å²) in [5.74, 6) is 1.33. The number of carbonyl (C=O) groups excluding carboxylic acids is 1. The fourth-order valence-electron chi connectivity index (χ4n) is 2.35. The summed E-state index contributed by atoms with van der Waals surface area (Å²) in [5, 5.41) is 24.6. The molecule has 6 heteroatoms. The molecule has 1 aromatic carbocycles. The second-order valence-corrected chi connectivity index (χ2v) is 5.60. The van der Waals surface area contributed by atoms with Gasteiger partial charge in [0.15, 0.2) is 0 Å². The van der Waals surface area contributed by atoms with E-state index < -0.39 is 11.6 Å². The maximum Gasteiger partial charge on any atom is 0.319 e. The molecular weight excluding hydrogens is 294 g/mol. The number of aryl methyl sites for hydroxylation is 2. The fraction of sp³-hybridized carbons (Fsp3) is 0.294. The zero-order valence-corrected chi connectivity index (χ0v) is 13.3. The van der Waals surface area contributed by atoms with Crippen LogP contribution < -0.4 is 10.6 Å². The molecule has 1 aromatic heterocycles. The lowest BCUT2D eigenvalue weighted by atomic mass is 9.96. The summed E-state index contributed by atoms with van der Waals surface area (Å²) in [7, 11) is 0. The van der Waals surface area contributed by atoms with Gasteiger partial charge in [-0.3, -0.25) is 0 Å². The Morgan fingerprint density at radius 1 is 1.39 bits per heavy atom. The number of aliphatic hydroxyl groups is 1. The van der Waals surface area contributed by atoms with Gasteiger partial charge in [-0.2, -0.15) is 5.26 Å². The zero-order chi connectivity index (χ0) is 17.0. The van der Waals surface area contributed by atoms with Crippen LogP contribution in [0.4, 0.5) is 10.5 Å². The second-order valence-electron chi connectivity index (χ2n) is 5.60. The van der Waals surface area contributed by atoms with E-state index in [1.165, 1.54) is 0 Å². The third-order valence-corrected chi connectivity index (χ3v) is 3.46. The Balaban J connectivity index is 1.98. The lowest BCUT2D eigenvalue weighted by molar-refractivity contribution is 0.0584. The molecule has 0 saturated carbocycles. The number of nitrogens with zero attached hydrogens (tertiary/aromatic N) is 1. The summed E-state index contributed by atoms with van der Waals surface area (Å²) in [5.41, 5.74) is 0.367. The third-order valence-electron chi connectivity index (χ3n) is 3.46. The maximum atomic E-state index is 11.9. The smallest absolute Gasteiger partial charge is 0.319 e. The van der Waals surface area contributed by atoms with Gasteiger partial charge >= 0.3 is 6.03 Å². The third kappa shape index (κ3) is 4.11. The van der Waals surface area contributed by atoms with Crippen molar-refractivity contribution in [2.24, 2.45) is 0 Å². The minimum Gasteiger partial charge on any atom is -0.466 e. The van der Waals surface area contributed by atoms with Crippen molar-refractivity contribution in [2.45, 2.75) is 26.4 Å². The van der Waals surface area contributed by atoms with E-state index >= 15 is 0 Å². The quantitative estimate of drug-likeness (QED) is 0.808. The summed E-state index contributed by atoms with van der Waals surface area (Å²) < 4.78 is 5.41. The van der Waals surface area contributed by atoms with Gasteiger partial charge < -0.3 is 20.2 Å². The van der Waals surface area contributed by atoms with Crippen molar-refractivity contribution in [3.8, 4) is 6.07 Å². The monoisotopic (exact) mass is 313 g/mol. The molecule has 0 aliphatic carbocycles. The number of nitriles is 1. The number of anilines is 1. The van der Waals surface area contributed by atoms with E-state index in [0.717, 1.165) is 0 Å². The van der Waals surface area contributed by atoms with Crippen molar-refractivity contribution in [1.82, 2.24) is 5.32 Å². The predicted molar refractivity (Wildman–Crippen MR) is 85.9 cm³/mol. The topological polar surface area (TPSA) is 98.3 Å². The molecule has 0 saturated heterocycles. The Morgan fingerprint density at radius 2 is 2.13 bits per heavy atom. The van der Waals surface area contributed by atoms with E-state index in [2.05, 4.69) is 10.6 Å². The van der Waals surface area contributed by atoms with Gasteiger partial charge in [-0.25, -0.2) is 4.79 Å². The highest BCUT2D eigenvalue weighted by atomic mass is 16.3. The van der Waals surface area contributed by atoms with Crippen LogP contribution in [0.25, 0.3) is 0 Å². The standard InChI is InChI=1S/C17H19N3O3/c1-11-7-15(12(2)23-11)17(3,22)10-19-16(21)20-14-6-4-5-13(8-14)9-18/h4-8,22H,10H2,1-3H3,(H2,19,20,21). The number of rotatable bonds is 4. The number of hydrogen-bond donors (Lipinski definition) is 3. The molecule has 2 rings (SSSR count). The van der Waals surface area contributed by atoms with Crippen LogP contribution in [-0.4, -0.2) is 17.7 Å². The molecule has 0 aliphatic heterocycles. The van der Waals surface area contributed by atoms with Gasteiger partial charge in [0.2, 0.25) is 0 Å². The minimum atomic E-state index is -1.24. The minimum absolute atomic E-state index is 0.0244. The van der Waals surface area contributed by atoms with Gasteiger partial charge in [0, 0.05) is 11.3 Å². The Labute approximate surface area is 134 Å². The Bertz CT molecular complexity index is 757. The fourth-order valence-corrected chi connectivity index (χ4v) is 2.35. The molecule has 0 fully saturated rings. The SMILES string of the molecule is Cc1cc(C(C)(O)CNC(=O)Nc2cccc(C#N)c2)c(C)o1. The maximum absolute atomic E-state index is 11.9. The van der Waals surface area contributed by atoms with Crippen molar-refractivity contribution < 1.29 is 14.3 Å². The largest absolute Gasteiger partial charge is 0.466 e. The highest BCUT2D eigenvalue weighted by Gasteiger charge is 2.28. The first kappa shape index (κ1) is 16.6. The first-order chi connectivity index (χ1) is 10.8. The molecule has 3 N–H and O–H groups in total. The average Bonchev–Trinajstić information content (AvgIpc) is 2.85. The Morgan fingerprint density at radius 3 is 2.74 bits per heavy atom. The van der Waals surface area contributed by atoms with E-state index in [9.17, 15) is 9.90 Å². The van der Waals surface area contributed by atoms with Crippen LogP contribution >= 0.6 is 0 Å². The highest BCUT2D eigenvalue weighted by Crippen LogP contribution is 2.26. The van der Waals surface area contributed by atoms with E-state index in [-0.39, 0.29) is 6.54 Å². The van der Waals surface area contributed by atoms with Crippen molar-refractivity contribution in [3.63, 3.8) is 0 Å². The van der Waals surface area contributed by atoms with Crippen molar-refractivity contribution in [2.75, 3.05) is 11.9 Å². The Hall–Kier alpha value is -2.78. The second kappa shape index (κ2) is 6.55. The summed E-state index contributed by atoms with van der Waals surface area (Å²) in [6.07, 6.45) is 0. The molecule has 0 spiro atoms. The van der Waals surface area contributed by atoms with Gasteiger partial charge in [-0.05, 0) is 45.0 Å². The summed E-state index contributed by atoms with van der Waals surface area (Å²) in [4.78, 5) is 11.9. The van der Waals surface area contributed by atoms with E-state index in [4.69, 9.17) is 9.68 Å². The molecule has 6 nitrogen and oxygen atoms in total.